The van der Waals surface area contributed by atoms with Crippen LogP contribution in [0.3, 0.4) is 0 Å². The molecule has 25 heavy (non-hydrogen) atoms. The van der Waals surface area contributed by atoms with Gasteiger partial charge in [-0.2, -0.15) is 0 Å². The number of fused-ring (bicyclic) bond motifs is 1. The molecule has 5 nitrogen and oxygen atoms in total. The van der Waals surface area contributed by atoms with Crippen LogP contribution >= 0.6 is 0 Å². The molecule has 0 bridgehead atoms. The molecule has 3 rings (SSSR count). The molecule has 0 radical (unpaired) electrons. The minimum absolute atomic E-state index is 0.00691. The van der Waals surface area contributed by atoms with Crippen LogP contribution < -0.4 is 15.0 Å². The quantitative estimate of drug-likeness (QED) is 0.912. The second-order valence-corrected chi connectivity index (χ2v) is 6.25. The molecule has 1 aliphatic heterocycles. The fourth-order valence-corrected chi connectivity index (χ4v) is 2.93. The lowest BCUT2D eigenvalue weighted by Crippen LogP contribution is -2.31. The number of hydrogen-bond donors (Lipinski definition) is 1. The number of para-hydroxylation sites is 1. The number of carbonyl (C=O) groups is 2. The molecular formula is C20H22N2O3. The van der Waals surface area contributed by atoms with Crippen molar-refractivity contribution in [1.29, 1.82) is 0 Å². The van der Waals surface area contributed by atoms with Crippen molar-refractivity contribution in [3.05, 3.63) is 59.2 Å². The molecule has 0 unspecified atom stereocenters. The number of benzene rings is 2. The van der Waals surface area contributed by atoms with Crippen molar-refractivity contribution in [3.63, 3.8) is 0 Å². The van der Waals surface area contributed by atoms with Crippen molar-refractivity contribution in [3.8, 4) is 5.75 Å². The first-order valence-electron chi connectivity index (χ1n) is 8.38. The zero-order valence-corrected chi connectivity index (χ0v) is 14.5. The Morgan fingerprint density at radius 1 is 1.20 bits per heavy atom. The monoisotopic (exact) mass is 338 g/mol. The van der Waals surface area contributed by atoms with E-state index in [0.717, 1.165) is 34.5 Å². The Bertz CT molecular complexity index is 801. The summed E-state index contributed by atoms with van der Waals surface area (Å²) in [5, 5.41) is 2.87. The summed E-state index contributed by atoms with van der Waals surface area (Å²) in [4.78, 5) is 25.4. The van der Waals surface area contributed by atoms with E-state index in [4.69, 9.17) is 4.74 Å². The second kappa shape index (κ2) is 7.38. The van der Waals surface area contributed by atoms with Gasteiger partial charge < -0.3 is 15.0 Å². The zero-order chi connectivity index (χ0) is 17.8. The molecule has 0 aromatic heterocycles. The summed E-state index contributed by atoms with van der Waals surface area (Å²) in [7, 11) is 1.80. The lowest BCUT2D eigenvalue weighted by Gasteiger charge is -2.26. The highest BCUT2D eigenvalue weighted by Crippen LogP contribution is 2.27. The third kappa shape index (κ3) is 3.99. The summed E-state index contributed by atoms with van der Waals surface area (Å²) in [6, 6.07) is 13.6. The highest BCUT2D eigenvalue weighted by molar-refractivity contribution is 5.95. The maximum atomic E-state index is 12.0. The number of rotatable bonds is 5. The maximum absolute atomic E-state index is 12.0. The largest absolute Gasteiger partial charge is 0.484 e. The van der Waals surface area contributed by atoms with Gasteiger partial charge in [0.15, 0.2) is 6.61 Å². The van der Waals surface area contributed by atoms with E-state index in [-0.39, 0.29) is 18.4 Å². The van der Waals surface area contributed by atoms with E-state index in [9.17, 15) is 9.59 Å². The van der Waals surface area contributed by atoms with E-state index in [1.807, 2.05) is 43.3 Å². The molecule has 2 aromatic rings. The molecule has 1 N–H and O–H groups in total. The number of ether oxygens (including phenoxy) is 1. The molecule has 0 saturated carbocycles. The van der Waals surface area contributed by atoms with E-state index >= 15 is 0 Å². The predicted molar refractivity (Wildman–Crippen MR) is 96.7 cm³/mol. The Morgan fingerprint density at radius 3 is 2.80 bits per heavy atom. The van der Waals surface area contributed by atoms with Crippen LogP contribution in [0, 0.1) is 6.92 Å². The fraction of sp³-hybridized carbons (Fsp3) is 0.300. The smallest absolute Gasteiger partial charge is 0.258 e. The van der Waals surface area contributed by atoms with Crippen LogP contribution in [-0.2, 0) is 22.6 Å². The average Bonchev–Trinajstić information content (AvgIpc) is 2.62. The van der Waals surface area contributed by atoms with Gasteiger partial charge in [0.05, 0.1) is 0 Å². The Balaban J connectivity index is 1.54. The minimum atomic E-state index is -0.159. The third-order valence-corrected chi connectivity index (χ3v) is 4.43. The van der Waals surface area contributed by atoms with Crippen molar-refractivity contribution in [2.45, 2.75) is 26.3 Å². The van der Waals surface area contributed by atoms with E-state index in [1.54, 1.807) is 11.9 Å². The SMILES string of the molecule is Cc1ccccc1OCC(=O)NCc1ccc2c(c1)CCC(=O)N2C. The number of carbonyl (C=O) groups excluding carboxylic acids is 2. The summed E-state index contributed by atoms with van der Waals surface area (Å²) in [5.74, 6) is 0.703. The van der Waals surface area contributed by atoms with Gasteiger partial charge in [-0.1, -0.05) is 30.3 Å². The lowest BCUT2D eigenvalue weighted by atomic mass is 9.99. The number of amides is 2. The van der Waals surface area contributed by atoms with Crippen LogP contribution in [0.5, 0.6) is 5.75 Å². The molecule has 0 fully saturated rings. The highest BCUT2D eigenvalue weighted by atomic mass is 16.5. The van der Waals surface area contributed by atoms with Gasteiger partial charge in [-0.3, -0.25) is 9.59 Å². The maximum Gasteiger partial charge on any atom is 0.258 e. The zero-order valence-electron chi connectivity index (χ0n) is 14.5. The van der Waals surface area contributed by atoms with Crippen LogP contribution in [0.1, 0.15) is 23.1 Å². The van der Waals surface area contributed by atoms with E-state index in [2.05, 4.69) is 11.4 Å². The molecule has 0 spiro atoms. The first kappa shape index (κ1) is 17.0. The first-order valence-corrected chi connectivity index (χ1v) is 8.38. The van der Waals surface area contributed by atoms with Crippen LogP contribution in [0.2, 0.25) is 0 Å². The van der Waals surface area contributed by atoms with Gasteiger partial charge in [0.25, 0.3) is 5.91 Å². The van der Waals surface area contributed by atoms with Gasteiger partial charge in [-0.15, -0.1) is 0 Å². The standard InChI is InChI=1S/C20H22N2O3/c1-14-5-3-4-6-18(14)25-13-19(23)21-12-15-7-9-17-16(11-15)8-10-20(24)22(17)2/h3-7,9,11H,8,10,12-13H2,1-2H3,(H,21,23). The molecule has 2 amide bonds. The number of aryl methyl sites for hydroxylation is 2. The van der Waals surface area contributed by atoms with Crippen LogP contribution in [0.25, 0.3) is 0 Å². The molecule has 5 heteroatoms. The average molecular weight is 338 g/mol. The van der Waals surface area contributed by atoms with Gasteiger partial charge in [-0.25, -0.2) is 0 Å². The van der Waals surface area contributed by atoms with Crippen molar-refractivity contribution in [2.75, 3.05) is 18.6 Å². The van der Waals surface area contributed by atoms with E-state index in [1.165, 1.54) is 0 Å². The van der Waals surface area contributed by atoms with Crippen molar-refractivity contribution >= 4 is 17.5 Å². The molecule has 2 aromatic carbocycles. The molecule has 1 heterocycles. The molecular weight excluding hydrogens is 316 g/mol. The first-order chi connectivity index (χ1) is 12.0. The normalized spacial score (nSPS) is 13.4. The third-order valence-electron chi connectivity index (χ3n) is 4.43. The van der Waals surface area contributed by atoms with E-state index in [0.29, 0.717) is 13.0 Å². The Kier molecular flexibility index (Phi) is 5.03. The second-order valence-electron chi connectivity index (χ2n) is 6.25. The molecule has 0 saturated heterocycles. The number of hydrogen-bond acceptors (Lipinski definition) is 3. The van der Waals surface area contributed by atoms with Crippen LogP contribution in [0.15, 0.2) is 42.5 Å². The fourth-order valence-electron chi connectivity index (χ4n) is 2.93. The van der Waals surface area contributed by atoms with Gasteiger partial charge in [0.1, 0.15) is 5.75 Å². The molecule has 1 aliphatic rings. The van der Waals surface area contributed by atoms with Crippen LogP contribution in [-0.4, -0.2) is 25.5 Å². The molecule has 0 aliphatic carbocycles. The van der Waals surface area contributed by atoms with Gasteiger partial charge in [0.2, 0.25) is 5.91 Å². The topological polar surface area (TPSA) is 58.6 Å². The Hall–Kier alpha value is -2.82. The molecule has 0 atom stereocenters. The summed E-state index contributed by atoms with van der Waals surface area (Å²) < 4.78 is 5.55. The molecule has 130 valence electrons. The Labute approximate surface area is 147 Å². The van der Waals surface area contributed by atoms with Crippen LogP contribution in [0.4, 0.5) is 5.69 Å². The van der Waals surface area contributed by atoms with Gasteiger partial charge in [-0.05, 0) is 42.2 Å². The summed E-state index contributed by atoms with van der Waals surface area (Å²) in [5.41, 5.74) is 4.12. The Morgan fingerprint density at radius 2 is 2.00 bits per heavy atom. The van der Waals surface area contributed by atoms with Gasteiger partial charge >= 0.3 is 0 Å². The van der Waals surface area contributed by atoms with Crippen molar-refractivity contribution in [2.24, 2.45) is 0 Å². The summed E-state index contributed by atoms with van der Waals surface area (Å²) in [6.45, 7) is 2.38. The van der Waals surface area contributed by atoms with Crippen molar-refractivity contribution in [1.82, 2.24) is 5.32 Å². The number of nitrogens with zero attached hydrogens (tertiary/aromatic N) is 1. The predicted octanol–water partition coefficient (Wildman–Crippen LogP) is 2.60. The summed E-state index contributed by atoms with van der Waals surface area (Å²) >= 11 is 0. The lowest BCUT2D eigenvalue weighted by molar-refractivity contribution is -0.123. The number of nitrogens with one attached hydrogen (secondary N) is 1. The highest BCUT2D eigenvalue weighted by Gasteiger charge is 2.20. The summed E-state index contributed by atoms with van der Waals surface area (Å²) in [6.07, 6.45) is 1.28. The minimum Gasteiger partial charge on any atom is -0.484 e. The number of anilines is 1. The van der Waals surface area contributed by atoms with Gasteiger partial charge in [0, 0.05) is 25.7 Å². The van der Waals surface area contributed by atoms with Crippen molar-refractivity contribution < 1.29 is 14.3 Å². The van der Waals surface area contributed by atoms with E-state index < -0.39 is 0 Å².